The zero-order chi connectivity index (χ0) is 8.15. The molecule has 0 aromatic rings. The Hall–Kier alpha value is -0.0800. The average Bonchev–Trinajstić information content (AvgIpc) is 1.58. The zero-order valence-electron chi connectivity index (χ0n) is 7.29. The highest BCUT2D eigenvalue weighted by Gasteiger charge is 2.07. The molecule has 0 aromatic carbocycles. The van der Waals surface area contributed by atoms with Crippen LogP contribution in [0.5, 0.6) is 0 Å². The molecule has 0 bridgehead atoms. The summed E-state index contributed by atoms with van der Waals surface area (Å²) in [5, 5.41) is 8.96. The van der Waals surface area contributed by atoms with Crippen LogP contribution >= 0.6 is 0 Å². The third-order valence-corrected chi connectivity index (χ3v) is 1.18. The highest BCUT2D eigenvalue weighted by molar-refractivity contribution is 4.56. The summed E-state index contributed by atoms with van der Waals surface area (Å²) in [6, 6.07) is 0. The molecule has 0 saturated carbocycles. The monoisotopic (exact) mass is 146 g/mol. The molecular weight excluding hydrogens is 128 g/mol. The van der Waals surface area contributed by atoms with Crippen molar-refractivity contribution < 1.29 is 9.84 Å². The van der Waals surface area contributed by atoms with Gasteiger partial charge in [-0.25, -0.2) is 0 Å². The molecule has 0 spiro atoms. The van der Waals surface area contributed by atoms with Crippen molar-refractivity contribution in [1.82, 2.24) is 0 Å². The molecule has 1 N–H and O–H groups in total. The van der Waals surface area contributed by atoms with E-state index in [-0.39, 0.29) is 18.3 Å². The van der Waals surface area contributed by atoms with Crippen LogP contribution in [-0.4, -0.2) is 23.4 Å². The van der Waals surface area contributed by atoms with Gasteiger partial charge < -0.3 is 9.84 Å². The first-order valence-corrected chi connectivity index (χ1v) is 3.86. The highest BCUT2D eigenvalue weighted by atomic mass is 16.5. The molecule has 0 aliphatic carbocycles. The van der Waals surface area contributed by atoms with Crippen LogP contribution in [0.2, 0.25) is 0 Å². The number of aliphatic hydroxyl groups is 1. The lowest BCUT2D eigenvalue weighted by atomic mass is 10.2. The zero-order valence-corrected chi connectivity index (χ0v) is 7.29. The standard InChI is InChI=1S/C8H18O2/c1-6(2)10-8(4)5-7(3)9/h6-9H,5H2,1-4H3. The fraction of sp³-hybridized carbons (Fsp3) is 1.00. The molecule has 0 radical (unpaired) electrons. The molecule has 62 valence electrons. The molecule has 0 aromatic heterocycles. The molecule has 0 saturated heterocycles. The summed E-state index contributed by atoms with van der Waals surface area (Å²) in [5.41, 5.74) is 0. The lowest BCUT2D eigenvalue weighted by Gasteiger charge is -2.16. The highest BCUT2D eigenvalue weighted by Crippen LogP contribution is 2.04. The van der Waals surface area contributed by atoms with Crippen molar-refractivity contribution in [2.75, 3.05) is 0 Å². The predicted molar refractivity (Wildman–Crippen MR) is 42.0 cm³/mol. The van der Waals surface area contributed by atoms with Crippen molar-refractivity contribution >= 4 is 0 Å². The van der Waals surface area contributed by atoms with E-state index in [0.29, 0.717) is 0 Å². The Morgan fingerprint density at radius 2 is 1.70 bits per heavy atom. The number of rotatable bonds is 4. The van der Waals surface area contributed by atoms with Crippen molar-refractivity contribution in [2.45, 2.75) is 52.4 Å². The van der Waals surface area contributed by atoms with Crippen molar-refractivity contribution in [3.63, 3.8) is 0 Å². The summed E-state index contributed by atoms with van der Waals surface area (Å²) in [5.74, 6) is 0. The van der Waals surface area contributed by atoms with Gasteiger partial charge in [0.15, 0.2) is 0 Å². The lowest BCUT2D eigenvalue weighted by molar-refractivity contribution is -0.00683. The van der Waals surface area contributed by atoms with Gasteiger partial charge in [0.05, 0.1) is 18.3 Å². The van der Waals surface area contributed by atoms with E-state index in [1.165, 1.54) is 0 Å². The number of ether oxygens (including phenoxy) is 1. The van der Waals surface area contributed by atoms with Gasteiger partial charge in [0.25, 0.3) is 0 Å². The van der Waals surface area contributed by atoms with E-state index >= 15 is 0 Å². The maximum absolute atomic E-state index is 8.96. The Labute approximate surface area is 63.2 Å². The van der Waals surface area contributed by atoms with Gasteiger partial charge in [0.1, 0.15) is 0 Å². The van der Waals surface area contributed by atoms with Gasteiger partial charge >= 0.3 is 0 Å². The summed E-state index contributed by atoms with van der Waals surface area (Å²) in [6.45, 7) is 7.75. The van der Waals surface area contributed by atoms with Gasteiger partial charge in [-0.15, -0.1) is 0 Å². The molecule has 0 fully saturated rings. The Morgan fingerprint density at radius 1 is 1.20 bits per heavy atom. The maximum atomic E-state index is 8.96. The number of hydrogen-bond donors (Lipinski definition) is 1. The first kappa shape index (κ1) is 9.92. The van der Waals surface area contributed by atoms with E-state index in [2.05, 4.69) is 0 Å². The molecular formula is C8H18O2. The van der Waals surface area contributed by atoms with Crippen molar-refractivity contribution in [3.05, 3.63) is 0 Å². The van der Waals surface area contributed by atoms with E-state index < -0.39 is 0 Å². The van der Waals surface area contributed by atoms with Crippen molar-refractivity contribution in [3.8, 4) is 0 Å². The SMILES string of the molecule is CC(O)CC(C)OC(C)C. The smallest absolute Gasteiger partial charge is 0.0575 e. The molecule has 0 amide bonds. The second-order valence-corrected chi connectivity index (χ2v) is 3.08. The maximum Gasteiger partial charge on any atom is 0.0575 e. The molecule has 0 rings (SSSR count). The largest absolute Gasteiger partial charge is 0.393 e. The summed E-state index contributed by atoms with van der Waals surface area (Å²) in [6.07, 6.45) is 0.889. The molecule has 0 aliphatic heterocycles. The average molecular weight is 146 g/mol. The fourth-order valence-corrected chi connectivity index (χ4v) is 1.00. The summed E-state index contributed by atoms with van der Waals surface area (Å²) in [4.78, 5) is 0. The minimum Gasteiger partial charge on any atom is -0.393 e. The van der Waals surface area contributed by atoms with E-state index in [9.17, 15) is 0 Å². The molecule has 2 unspecified atom stereocenters. The van der Waals surface area contributed by atoms with Gasteiger partial charge in [0.2, 0.25) is 0 Å². The van der Waals surface area contributed by atoms with E-state index in [1.54, 1.807) is 6.92 Å². The summed E-state index contributed by atoms with van der Waals surface area (Å²) in [7, 11) is 0. The van der Waals surface area contributed by atoms with E-state index in [4.69, 9.17) is 9.84 Å². The molecule has 0 heterocycles. The third kappa shape index (κ3) is 6.05. The van der Waals surface area contributed by atoms with Crippen LogP contribution in [0.3, 0.4) is 0 Å². The van der Waals surface area contributed by atoms with Crippen molar-refractivity contribution in [2.24, 2.45) is 0 Å². The topological polar surface area (TPSA) is 29.5 Å². The van der Waals surface area contributed by atoms with Crippen molar-refractivity contribution in [1.29, 1.82) is 0 Å². The van der Waals surface area contributed by atoms with Crippen LogP contribution < -0.4 is 0 Å². The Balaban J connectivity index is 3.34. The van der Waals surface area contributed by atoms with Gasteiger partial charge in [-0.1, -0.05) is 0 Å². The van der Waals surface area contributed by atoms with Crippen LogP contribution in [-0.2, 0) is 4.74 Å². The van der Waals surface area contributed by atoms with Crippen LogP contribution in [0.25, 0.3) is 0 Å². The number of aliphatic hydroxyl groups excluding tert-OH is 1. The molecule has 2 heteroatoms. The van der Waals surface area contributed by atoms with Crippen LogP contribution in [0.4, 0.5) is 0 Å². The van der Waals surface area contributed by atoms with Crippen LogP contribution in [0.1, 0.15) is 34.1 Å². The molecule has 2 atom stereocenters. The van der Waals surface area contributed by atoms with Crippen LogP contribution in [0, 0.1) is 0 Å². The van der Waals surface area contributed by atoms with E-state index in [0.717, 1.165) is 6.42 Å². The fourth-order valence-electron chi connectivity index (χ4n) is 1.00. The Morgan fingerprint density at radius 3 is 2.00 bits per heavy atom. The Bertz CT molecular complexity index is 69.3. The van der Waals surface area contributed by atoms with Crippen LogP contribution in [0.15, 0.2) is 0 Å². The van der Waals surface area contributed by atoms with Gasteiger partial charge in [-0.2, -0.15) is 0 Å². The molecule has 2 nitrogen and oxygen atoms in total. The predicted octanol–water partition coefficient (Wildman–Crippen LogP) is 1.57. The second kappa shape index (κ2) is 4.69. The minimum atomic E-state index is -0.256. The summed E-state index contributed by atoms with van der Waals surface area (Å²) < 4.78 is 5.40. The minimum absolute atomic E-state index is 0.167. The molecule has 0 aliphatic rings. The molecule has 10 heavy (non-hydrogen) atoms. The second-order valence-electron chi connectivity index (χ2n) is 3.08. The van der Waals surface area contributed by atoms with Gasteiger partial charge in [-0.3, -0.25) is 0 Å². The number of hydrogen-bond acceptors (Lipinski definition) is 2. The first-order valence-electron chi connectivity index (χ1n) is 3.86. The third-order valence-electron chi connectivity index (χ3n) is 1.18. The van der Waals surface area contributed by atoms with Gasteiger partial charge in [-0.05, 0) is 34.1 Å². The lowest BCUT2D eigenvalue weighted by Crippen LogP contribution is -2.19. The Kier molecular flexibility index (Phi) is 4.65. The van der Waals surface area contributed by atoms with Gasteiger partial charge in [0, 0.05) is 0 Å². The van der Waals surface area contributed by atoms with E-state index in [1.807, 2.05) is 20.8 Å². The first-order chi connectivity index (χ1) is 4.52. The normalized spacial score (nSPS) is 17.4. The quantitative estimate of drug-likeness (QED) is 0.652. The summed E-state index contributed by atoms with van der Waals surface area (Å²) >= 11 is 0.